The summed E-state index contributed by atoms with van der Waals surface area (Å²) in [6.45, 7) is 0. The minimum atomic E-state index is -0.621. The van der Waals surface area contributed by atoms with Crippen LogP contribution in [0.2, 0.25) is 0 Å². The fraction of sp³-hybridized carbons (Fsp3) is 0. The number of allylic oxidation sites excluding steroid dienone is 1. The summed E-state index contributed by atoms with van der Waals surface area (Å²) in [4.78, 5) is 20.3. The van der Waals surface area contributed by atoms with Gasteiger partial charge >= 0.3 is 5.69 Å². The first-order valence-electron chi connectivity index (χ1n) is 7.84. The van der Waals surface area contributed by atoms with Crippen molar-refractivity contribution in [2.45, 2.75) is 0 Å². The molecule has 0 unspecified atom stereocenters. The van der Waals surface area contributed by atoms with E-state index in [-0.39, 0.29) is 17.2 Å². The average Bonchev–Trinajstić information content (AvgIpc) is 2.68. The molecule has 3 rings (SSSR count). The van der Waals surface area contributed by atoms with E-state index in [1.54, 1.807) is 30.3 Å². The van der Waals surface area contributed by atoms with E-state index in [9.17, 15) is 10.1 Å². The minimum absolute atomic E-state index is 0.0668. The lowest BCUT2D eigenvalue weighted by Gasteiger charge is -2.11. The van der Waals surface area contributed by atoms with Gasteiger partial charge in [-0.3, -0.25) is 0 Å². The number of rotatable bonds is 4. The van der Waals surface area contributed by atoms with Gasteiger partial charge in [0.15, 0.2) is 5.69 Å². The zero-order valence-electron chi connectivity index (χ0n) is 13.8. The Balaban J connectivity index is 2.01. The highest BCUT2D eigenvalue weighted by atomic mass is 16.1. The van der Waals surface area contributed by atoms with Crippen LogP contribution in [-0.2, 0) is 0 Å². The number of aliphatic imine (C=N–C) groups is 1. The molecule has 1 heterocycles. The Bertz CT molecular complexity index is 1060. The van der Waals surface area contributed by atoms with Crippen molar-refractivity contribution in [1.82, 2.24) is 9.55 Å². The maximum absolute atomic E-state index is 12.2. The fourth-order valence-electron chi connectivity index (χ4n) is 2.40. The molecule has 0 saturated heterocycles. The largest absolute Gasteiger partial charge is 0.383 e. The molecule has 0 aliphatic heterocycles. The second kappa shape index (κ2) is 7.73. The van der Waals surface area contributed by atoms with Crippen LogP contribution < -0.4 is 11.4 Å². The van der Waals surface area contributed by atoms with E-state index in [4.69, 9.17) is 5.73 Å². The number of para-hydroxylation sites is 1. The van der Waals surface area contributed by atoms with E-state index in [1.807, 2.05) is 48.5 Å². The van der Waals surface area contributed by atoms with Crippen molar-refractivity contribution in [3.8, 4) is 11.8 Å². The number of nitriles is 1. The van der Waals surface area contributed by atoms with Crippen molar-refractivity contribution in [2.75, 3.05) is 5.73 Å². The Hall–Kier alpha value is -3.98. The van der Waals surface area contributed by atoms with Crippen molar-refractivity contribution >= 4 is 23.8 Å². The molecule has 6 heteroatoms. The van der Waals surface area contributed by atoms with Gasteiger partial charge in [0.2, 0.25) is 0 Å². The Morgan fingerprint density at radius 2 is 1.73 bits per heavy atom. The highest BCUT2D eigenvalue weighted by molar-refractivity contribution is 5.83. The number of hydrogen-bond donors (Lipinski definition) is 1. The first-order chi connectivity index (χ1) is 12.7. The zero-order valence-corrected chi connectivity index (χ0v) is 13.8. The number of benzene rings is 2. The molecule has 0 saturated carbocycles. The average molecular weight is 341 g/mol. The van der Waals surface area contributed by atoms with Crippen molar-refractivity contribution < 1.29 is 0 Å². The molecule has 0 radical (unpaired) electrons. The Morgan fingerprint density at radius 1 is 1.08 bits per heavy atom. The molecule has 6 nitrogen and oxygen atoms in total. The van der Waals surface area contributed by atoms with Crippen LogP contribution in [0.4, 0.5) is 11.5 Å². The summed E-state index contributed by atoms with van der Waals surface area (Å²) < 4.78 is 1.23. The van der Waals surface area contributed by atoms with Crippen molar-refractivity contribution in [3.05, 3.63) is 88.5 Å². The van der Waals surface area contributed by atoms with Gasteiger partial charge in [-0.15, -0.1) is 0 Å². The van der Waals surface area contributed by atoms with E-state index in [0.29, 0.717) is 5.69 Å². The lowest BCUT2D eigenvalue weighted by atomic mass is 10.2. The maximum Gasteiger partial charge on any atom is 0.355 e. The highest BCUT2D eigenvalue weighted by Crippen LogP contribution is 2.25. The molecule has 0 bridgehead atoms. The summed E-state index contributed by atoms with van der Waals surface area (Å²) >= 11 is 0. The number of nitrogen functional groups attached to an aromatic ring is 1. The molecular weight excluding hydrogens is 326 g/mol. The minimum Gasteiger partial charge on any atom is -0.383 e. The van der Waals surface area contributed by atoms with Crippen LogP contribution >= 0.6 is 0 Å². The monoisotopic (exact) mass is 341 g/mol. The van der Waals surface area contributed by atoms with Crippen LogP contribution in [0.1, 0.15) is 11.3 Å². The number of anilines is 1. The molecule has 3 aromatic rings. The van der Waals surface area contributed by atoms with Crippen LogP contribution in [0.25, 0.3) is 11.8 Å². The summed E-state index contributed by atoms with van der Waals surface area (Å²) in [5, 5.41) is 9.26. The maximum atomic E-state index is 12.2. The number of nitrogens with zero attached hydrogens (tertiary/aromatic N) is 4. The van der Waals surface area contributed by atoms with Crippen LogP contribution in [0.5, 0.6) is 0 Å². The lowest BCUT2D eigenvalue weighted by molar-refractivity contribution is 0.918. The molecule has 0 amide bonds. The summed E-state index contributed by atoms with van der Waals surface area (Å²) in [7, 11) is 0. The lowest BCUT2D eigenvalue weighted by Crippen LogP contribution is -2.25. The summed E-state index contributed by atoms with van der Waals surface area (Å²) in [5.41, 5.74) is 7.12. The van der Waals surface area contributed by atoms with E-state index in [1.165, 1.54) is 10.8 Å². The second-order valence-corrected chi connectivity index (χ2v) is 5.31. The smallest absolute Gasteiger partial charge is 0.355 e. The fourth-order valence-corrected chi connectivity index (χ4v) is 2.40. The van der Waals surface area contributed by atoms with Gasteiger partial charge in [-0.05, 0) is 23.8 Å². The SMILES string of the molecule is N#Cc1nc(=O)n(-c2ccccc2)c(N)c1N=C/C=C/c1ccccc1. The first-order valence-corrected chi connectivity index (χ1v) is 7.84. The second-order valence-electron chi connectivity index (χ2n) is 5.31. The molecule has 1 aromatic heterocycles. The van der Waals surface area contributed by atoms with E-state index in [0.717, 1.165) is 5.56 Å². The Morgan fingerprint density at radius 3 is 2.38 bits per heavy atom. The van der Waals surface area contributed by atoms with Crippen molar-refractivity contribution in [1.29, 1.82) is 5.26 Å². The third-order valence-electron chi connectivity index (χ3n) is 3.60. The van der Waals surface area contributed by atoms with Crippen LogP contribution in [0, 0.1) is 11.3 Å². The first kappa shape index (κ1) is 16.9. The normalized spacial score (nSPS) is 11.0. The molecule has 2 aromatic carbocycles. The van der Waals surface area contributed by atoms with Gasteiger partial charge in [0.1, 0.15) is 17.6 Å². The third kappa shape index (κ3) is 3.57. The zero-order chi connectivity index (χ0) is 18.4. The number of hydrogen-bond acceptors (Lipinski definition) is 5. The van der Waals surface area contributed by atoms with Crippen molar-refractivity contribution in [2.24, 2.45) is 4.99 Å². The van der Waals surface area contributed by atoms with Crippen LogP contribution in [0.15, 0.2) is 76.5 Å². The molecule has 26 heavy (non-hydrogen) atoms. The third-order valence-corrected chi connectivity index (χ3v) is 3.60. The van der Waals surface area contributed by atoms with Gasteiger partial charge < -0.3 is 5.73 Å². The molecule has 0 atom stereocenters. The molecule has 0 spiro atoms. The van der Waals surface area contributed by atoms with E-state index >= 15 is 0 Å². The summed E-state index contributed by atoms with van der Waals surface area (Å²) in [6, 6.07) is 20.4. The predicted molar refractivity (Wildman–Crippen MR) is 103 cm³/mol. The standard InChI is InChI=1S/C20H15N5O/c21-14-17-18(23-13-7-10-15-8-3-1-4-9-15)19(22)25(20(26)24-17)16-11-5-2-6-12-16/h1-13H,22H2/b10-7+,23-13?. The Labute approximate surface area is 150 Å². The molecule has 2 N–H and O–H groups in total. The van der Waals surface area contributed by atoms with Crippen LogP contribution in [0.3, 0.4) is 0 Å². The van der Waals surface area contributed by atoms with Gasteiger partial charge in [-0.1, -0.05) is 54.6 Å². The van der Waals surface area contributed by atoms with E-state index < -0.39 is 5.69 Å². The summed E-state index contributed by atoms with van der Waals surface area (Å²) in [5.74, 6) is 0.0668. The van der Waals surface area contributed by atoms with Gasteiger partial charge in [-0.25, -0.2) is 14.4 Å². The van der Waals surface area contributed by atoms with Gasteiger partial charge in [0.05, 0.1) is 5.69 Å². The number of aromatic nitrogens is 2. The molecular formula is C20H15N5O. The molecule has 126 valence electrons. The predicted octanol–water partition coefficient (Wildman–Crippen LogP) is 3.10. The quantitative estimate of drug-likeness (QED) is 0.737. The summed E-state index contributed by atoms with van der Waals surface area (Å²) in [6.07, 6.45) is 5.11. The number of nitrogens with two attached hydrogens (primary N) is 1. The Kier molecular flexibility index (Phi) is 5.01. The highest BCUT2D eigenvalue weighted by Gasteiger charge is 2.15. The van der Waals surface area contributed by atoms with E-state index in [2.05, 4.69) is 9.98 Å². The molecule has 0 aliphatic rings. The van der Waals surface area contributed by atoms with Gasteiger partial charge in [0, 0.05) is 6.21 Å². The molecule has 0 aliphatic carbocycles. The molecule has 0 fully saturated rings. The van der Waals surface area contributed by atoms with Gasteiger partial charge in [-0.2, -0.15) is 10.2 Å². The van der Waals surface area contributed by atoms with Gasteiger partial charge in [0.25, 0.3) is 0 Å². The topological polar surface area (TPSA) is 97.1 Å². The van der Waals surface area contributed by atoms with Crippen molar-refractivity contribution in [3.63, 3.8) is 0 Å². The van der Waals surface area contributed by atoms with Crippen LogP contribution in [-0.4, -0.2) is 15.8 Å².